The zero-order valence-corrected chi connectivity index (χ0v) is 18.2. The molecule has 0 N–H and O–H groups in total. The van der Waals surface area contributed by atoms with Crippen molar-refractivity contribution >= 4 is 5.97 Å². The maximum atomic E-state index is 12.3. The van der Waals surface area contributed by atoms with Gasteiger partial charge < -0.3 is 9.64 Å². The molecule has 0 heterocycles. The van der Waals surface area contributed by atoms with Crippen molar-refractivity contribution in [2.75, 3.05) is 19.6 Å². The molecule has 0 saturated carbocycles. The minimum absolute atomic E-state index is 0.346. The Labute approximate surface area is 176 Å². The molecule has 0 spiro atoms. The molecule has 29 heavy (non-hydrogen) atoms. The van der Waals surface area contributed by atoms with Crippen molar-refractivity contribution in [3.63, 3.8) is 0 Å². The molecule has 0 radical (unpaired) electrons. The van der Waals surface area contributed by atoms with Crippen molar-refractivity contribution < 1.29 is 9.53 Å². The molecule has 0 aliphatic heterocycles. The first kappa shape index (κ1) is 22.9. The van der Waals surface area contributed by atoms with Crippen LogP contribution in [0.15, 0.2) is 60.7 Å². The Hall–Kier alpha value is -2.39. The van der Waals surface area contributed by atoms with Gasteiger partial charge in [-0.2, -0.15) is 0 Å². The second-order valence-corrected chi connectivity index (χ2v) is 7.45. The average Bonchev–Trinajstić information content (AvgIpc) is 2.75. The van der Waals surface area contributed by atoms with E-state index in [1.54, 1.807) is 0 Å². The summed E-state index contributed by atoms with van der Waals surface area (Å²) in [5.41, 5.74) is 4.19. The number of aryl methyl sites for hydroxylation is 1. The van der Waals surface area contributed by atoms with E-state index in [4.69, 9.17) is 4.74 Å². The lowest BCUT2D eigenvalue weighted by Gasteiger charge is -2.18. The molecule has 0 aliphatic rings. The minimum atomic E-state index is -0.346. The summed E-state index contributed by atoms with van der Waals surface area (Å²) >= 11 is 0. The fourth-order valence-corrected chi connectivity index (χ4v) is 3.27. The van der Waals surface area contributed by atoms with Crippen molar-refractivity contribution in [3.8, 4) is 16.9 Å². The normalized spacial score (nSPS) is 10.9. The molecule has 0 fully saturated rings. The van der Waals surface area contributed by atoms with E-state index in [0.717, 1.165) is 31.6 Å². The van der Waals surface area contributed by atoms with Gasteiger partial charge in [0.15, 0.2) is 0 Å². The van der Waals surface area contributed by atoms with Crippen molar-refractivity contribution in [2.24, 2.45) is 0 Å². The molecular formula is C26H35NO2. The maximum Gasteiger partial charge on any atom is 0.338 e. The van der Waals surface area contributed by atoms with E-state index in [2.05, 4.69) is 56.5 Å². The Morgan fingerprint density at radius 1 is 0.897 bits per heavy atom. The van der Waals surface area contributed by atoms with Crippen LogP contribution in [0.5, 0.6) is 5.75 Å². The van der Waals surface area contributed by atoms with Crippen LogP contribution in [0.1, 0.15) is 52.0 Å². The third-order valence-electron chi connectivity index (χ3n) is 5.33. The molecular weight excluding hydrogens is 358 g/mol. The summed E-state index contributed by atoms with van der Waals surface area (Å²) in [5, 5.41) is 0. The number of carbonyl (C=O) groups excluding carboxylic acids is 1. The standard InChI is InChI=1S/C26H35NO2/c1-5-8-9-10-22-11-13-23(14-12-22)24-15-17-25(18-16-24)29-26(28)21(4)19-20-27(6-2)7-3/h11-18H,4-10,19-20H2,1-3H3. The summed E-state index contributed by atoms with van der Waals surface area (Å²) < 4.78 is 5.48. The van der Waals surface area contributed by atoms with Gasteiger partial charge in [0, 0.05) is 12.1 Å². The van der Waals surface area contributed by atoms with Crippen LogP contribution in [0.25, 0.3) is 11.1 Å². The third-order valence-corrected chi connectivity index (χ3v) is 5.33. The molecule has 0 saturated heterocycles. The second-order valence-electron chi connectivity index (χ2n) is 7.45. The number of unbranched alkanes of at least 4 members (excludes halogenated alkanes) is 2. The van der Waals surface area contributed by atoms with E-state index in [1.807, 2.05) is 24.3 Å². The quantitative estimate of drug-likeness (QED) is 0.184. The van der Waals surface area contributed by atoms with E-state index in [1.165, 1.54) is 30.4 Å². The summed E-state index contributed by atoms with van der Waals surface area (Å²) in [6.45, 7) is 13.1. The van der Waals surface area contributed by atoms with E-state index in [-0.39, 0.29) is 5.97 Å². The zero-order chi connectivity index (χ0) is 21.1. The highest BCUT2D eigenvalue weighted by Gasteiger charge is 2.11. The van der Waals surface area contributed by atoms with Crippen LogP contribution in [0.4, 0.5) is 0 Å². The number of nitrogens with zero attached hydrogens (tertiary/aromatic N) is 1. The van der Waals surface area contributed by atoms with Crippen molar-refractivity contribution in [2.45, 2.75) is 52.9 Å². The highest BCUT2D eigenvalue weighted by atomic mass is 16.5. The number of hydrogen-bond donors (Lipinski definition) is 0. The van der Waals surface area contributed by atoms with Gasteiger partial charge in [-0.15, -0.1) is 0 Å². The molecule has 3 heteroatoms. The van der Waals surface area contributed by atoms with Gasteiger partial charge in [0.1, 0.15) is 5.75 Å². The molecule has 2 rings (SSSR count). The lowest BCUT2D eigenvalue weighted by molar-refractivity contribution is -0.130. The fourth-order valence-electron chi connectivity index (χ4n) is 3.27. The van der Waals surface area contributed by atoms with Crippen molar-refractivity contribution in [1.82, 2.24) is 4.90 Å². The molecule has 3 nitrogen and oxygen atoms in total. The highest BCUT2D eigenvalue weighted by molar-refractivity contribution is 5.89. The predicted molar refractivity (Wildman–Crippen MR) is 122 cm³/mol. The Morgan fingerprint density at radius 2 is 1.48 bits per heavy atom. The van der Waals surface area contributed by atoms with Crippen LogP contribution in [-0.4, -0.2) is 30.5 Å². The van der Waals surface area contributed by atoms with Gasteiger partial charge in [0.05, 0.1) is 0 Å². The highest BCUT2D eigenvalue weighted by Crippen LogP contribution is 2.24. The van der Waals surface area contributed by atoms with Gasteiger partial charge in [-0.05, 0) is 61.2 Å². The van der Waals surface area contributed by atoms with Crippen LogP contribution < -0.4 is 4.74 Å². The van der Waals surface area contributed by atoms with Gasteiger partial charge in [-0.25, -0.2) is 4.79 Å². The second kappa shape index (κ2) is 12.2. The first-order valence-corrected chi connectivity index (χ1v) is 10.9. The van der Waals surface area contributed by atoms with Crippen LogP contribution in [-0.2, 0) is 11.2 Å². The van der Waals surface area contributed by atoms with Crippen LogP contribution in [0, 0.1) is 0 Å². The summed E-state index contributed by atoms with van der Waals surface area (Å²) in [7, 11) is 0. The van der Waals surface area contributed by atoms with Gasteiger partial charge in [-0.3, -0.25) is 0 Å². The lowest BCUT2D eigenvalue weighted by Crippen LogP contribution is -2.25. The lowest BCUT2D eigenvalue weighted by atomic mass is 10.0. The molecule has 0 atom stereocenters. The summed E-state index contributed by atoms with van der Waals surface area (Å²) in [5.74, 6) is 0.209. The minimum Gasteiger partial charge on any atom is -0.423 e. The third kappa shape index (κ3) is 7.51. The number of carbonyl (C=O) groups is 1. The van der Waals surface area contributed by atoms with E-state index >= 15 is 0 Å². The van der Waals surface area contributed by atoms with Crippen LogP contribution >= 0.6 is 0 Å². The van der Waals surface area contributed by atoms with E-state index < -0.39 is 0 Å². The largest absolute Gasteiger partial charge is 0.423 e. The number of ether oxygens (including phenoxy) is 1. The van der Waals surface area contributed by atoms with Crippen LogP contribution in [0.2, 0.25) is 0 Å². The average molecular weight is 394 g/mol. The topological polar surface area (TPSA) is 29.5 Å². The summed E-state index contributed by atoms with van der Waals surface area (Å²) in [6, 6.07) is 16.4. The number of hydrogen-bond acceptors (Lipinski definition) is 3. The number of benzene rings is 2. The van der Waals surface area contributed by atoms with Crippen LogP contribution in [0.3, 0.4) is 0 Å². The Kier molecular flexibility index (Phi) is 9.66. The monoisotopic (exact) mass is 393 g/mol. The molecule has 0 bridgehead atoms. The predicted octanol–water partition coefficient (Wildman–Crippen LogP) is 6.28. The first-order valence-electron chi connectivity index (χ1n) is 10.9. The summed E-state index contributed by atoms with van der Waals surface area (Å²) in [4.78, 5) is 14.5. The van der Waals surface area contributed by atoms with Gasteiger partial charge in [0.25, 0.3) is 0 Å². The Balaban J connectivity index is 1.89. The molecule has 156 valence electrons. The molecule has 2 aromatic rings. The first-order chi connectivity index (χ1) is 14.1. The molecule has 0 aliphatic carbocycles. The molecule has 0 amide bonds. The number of esters is 1. The SMILES string of the molecule is C=C(CCN(CC)CC)C(=O)Oc1ccc(-c2ccc(CCCCC)cc2)cc1. The van der Waals surface area contributed by atoms with Crippen molar-refractivity contribution in [1.29, 1.82) is 0 Å². The molecule has 0 unspecified atom stereocenters. The molecule has 2 aromatic carbocycles. The Morgan fingerprint density at radius 3 is 2.03 bits per heavy atom. The van der Waals surface area contributed by atoms with E-state index in [0.29, 0.717) is 17.7 Å². The van der Waals surface area contributed by atoms with Crippen molar-refractivity contribution in [3.05, 3.63) is 66.2 Å². The van der Waals surface area contributed by atoms with Gasteiger partial charge >= 0.3 is 5.97 Å². The maximum absolute atomic E-state index is 12.3. The van der Waals surface area contributed by atoms with Gasteiger partial charge in [0.2, 0.25) is 0 Å². The van der Waals surface area contributed by atoms with Gasteiger partial charge in [-0.1, -0.05) is 76.6 Å². The zero-order valence-electron chi connectivity index (χ0n) is 18.2. The fraction of sp³-hybridized carbons (Fsp3) is 0.423. The Bertz CT molecular complexity index is 758. The summed E-state index contributed by atoms with van der Waals surface area (Å²) in [6.07, 6.45) is 5.54. The molecule has 0 aromatic heterocycles. The number of rotatable bonds is 12. The van der Waals surface area contributed by atoms with E-state index in [9.17, 15) is 4.79 Å². The smallest absolute Gasteiger partial charge is 0.338 e.